The molecular weight excluding hydrogens is 172 g/mol. The lowest BCUT2D eigenvalue weighted by Crippen LogP contribution is -2.04. The van der Waals surface area contributed by atoms with Gasteiger partial charge in [-0.25, -0.2) is 4.79 Å². The summed E-state index contributed by atoms with van der Waals surface area (Å²) >= 11 is 0. The zero-order valence-electron chi connectivity index (χ0n) is 7.73. The van der Waals surface area contributed by atoms with Crippen molar-refractivity contribution in [1.29, 1.82) is 0 Å². The lowest BCUT2D eigenvalue weighted by molar-refractivity contribution is 0.566. The molecule has 1 aliphatic carbocycles. The molecule has 1 aromatic carbocycles. The number of fused-ring (bicyclic) bond motifs is 1. The van der Waals surface area contributed by atoms with Crippen molar-refractivity contribution in [2.24, 2.45) is 0 Å². The number of benzene rings is 1. The van der Waals surface area contributed by atoms with Crippen LogP contribution in [0.15, 0.2) is 48.6 Å². The third-order valence-electron chi connectivity index (χ3n) is 2.46. The van der Waals surface area contributed by atoms with E-state index in [-0.39, 0.29) is 5.92 Å². The summed E-state index contributed by atoms with van der Waals surface area (Å²) in [6.45, 7) is 3.75. The van der Waals surface area contributed by atoms with E-state index in [2.05, 4.69) is 6.58 Å². The first-order valence-electron chi connectivity index (χ1n) is 4.51. The van der Waals surface area contributed by atoms with Crippen LogP contribution in [0.25, 0.3) is 6.08 Å². The standard InChI is InChI=1S/C13H10O/c1-2-12-11(9-14)8-7-10-5-3-4-6-13(10)12/h2-8,12H,1H2/t12-/m0/s1. The summed E-state index contributed by atoms with van der Waals surface area (Å²) in [5.41, 5.74) is 2.93. The molecule has 1 heteroatoms. The van der Waals surface area contributed by atoms with E-state index in [9.17, 15) is 4.79 Å². The van der Waals surface area contributed by atoms with Gasteiger partial charge in [0, 0.05) is 11.5 Å². The molecule has 0 N–H and O–H groups in total. The second-order valence-electron chi connectivity index (χ2n) is 3.23. The smallest absolute Gasteiger partial charge is 0.128 e. The number of carbonyl (C=O) groups excluding carboxylic acids is 1. The van der Waals surface area contributed by atoms with Crippen LogP contribution in [0.4, 0.5) is 0 Å². The molecule has 1 nitrogen and oxygen atoms in total. The molecule has 0 aromatic heterocycles. The highest BCUT2D eigenvalue weighted by Gasteiger charge is 2.18. The first-order valence-corrected chi connectivity index (χ1v) is 4.51. The minimum absolute atomic E-state index is 0.00583. The van der Waals surface area contributed by atoms with Crippen LogP contribution in [0.1, 0.15) is 17.0 Å². The fraction of sp³-hybridized carbons (Fsp3) is 0.0769. The van der Waals surface area contributed by atoms with Crippen molar-refractivity contribution >= 4 is 12.0 Å². The maximum Gasteiger partial charge on any atom is 0.128 e. The van der Waals surface area contributed by atoms with E-state index in [0.29, 0.717) is 5.57 Å². The Bertz CT molecular complexity index is 448. The van der Waals surface area contributed by atoms with Crippen LogP contribution in [-0.2, 0) is 4.79 Å². The third kappa shape index (κ3) is 1.24. The summed E-state index contributed by atoms with van der Waals surface area (Å²) < 4.78 is 0. The molecule has 68 valence electrons. The van der Waals surface area contributed by atoms with Crippen LogP contribution in [0.5, 0.6) is 0 Å². The number of rotatable bonds is 1. The Balaban J connectivity index is 2.63. The van der Waals surface area contributed by atoms with Crippen molar-refractivity contribution in [2.75, 3.05) is 0 Å². The summed E-state index contributed by atoms with van der Waals surface area (Å²) in [5.74, 6) is 1.95. The minimum Gasteiger partial charge on any atom is -0.233 e. The Labute approximate surface area is 83.1 Å². The molecule has 1 aliphatic rings. The highest BCUT2D eigenvalue weighted by Crippen LogP contribution is 2.32. The Hall–Kier alpha value is -1.85. The van der Waals surface area contributed by atoms with Gasteiger partial charge < -0.3 is 0 Å². The van der Waals surface area contributed by atoms with Gasteiger partial charge in [-0.05, 0) is 17.2 Å². The quantitative estimate of drug-likeness (QED) is 0.482. The molecule has 0 bridgehead atoms. The molecule has 0 spiro atoms. The van der Waals surface area contributed by atoms with Crippen LogP contribution >= 0.6 is 0 Å². The summed E-state index contributed by atoms with van der Waals surface area (Å²) in [5, 5.41) is 0. The lowest BCUT2D eigenvalue weighted by Gasteiger charge is -2.18. The molecule has 0 aliphatic heterocycles. The van der Waals surface area contributed by atoms with Crippen LogP contribution in [0.2, 0.25) is 0 Å². The Morgan fingerprint density at radius 3 is 2.79 bits per heavy atom. The maximum absolute atomic E-state index is 10.7. The highest BCUT2D eigenvalue weighted by atomic mass is 16.1. The van der Waals surface area contributed by atoms with Crippen molar-refractivity contribution in [1.82, 2.24) is 0 Å². The molecule has 2 rings (SSSR count). The minimum atomic E-state index is -0.00583. The van der Waals surface area contributed by atoms with E-state index in [1.165, 1.54) is 0 Å². The van der Waals surface area contributed by atoms with Crippen LogP contribution in [0, 0.1) is 0 Å². The monoisotopic (exact) mass is 182 g/mol. The van der Waals surface area contributed by atoms with Gasteiger partial charge in [-0.1, -0.05) is 36.4 Å². The fourth-order valence-corrected chi connectivity index (χ4v) is 1.75. The summed E-state index contributed by atoms with van der Waals surface area (Å²) in [6.07, 6.45) is 5.53. The van der Waals surface area contributed by atoms with Gasteiger partial charge in [0.1, 0.15) is 5.94 Å². The van der Waals surface area contributed by atoms with Gasteiger partial charge in [-0.15, -0.1) is 6.58 Å². The number of hydrogen-bond donors (Lipinski definition) is 0. The summed E-state index contributed by atoms with van der Waals surface area (Å²) in [4.78, 5) is 10.7. The van der Waals surface area contributed by atoms with Crippen LogP contribution in [0.3, 0.4) is 0 Å². The SMILES string of the molecule is C=C[C@H]1C(=C=O)C=Cc2ccccc21. The van der Waals surface area contributed by atoms with Gasteiger partial charge >= 0.3 is 0 Å². The Kier molecular flexibility index (Phi) is 2.18. The number of hydrogen-bond acceptors (Lipinski definition) is 1. The third-order valence-corrected chi connectivity index (χ3v) is 2.46. The summed E-state index contributed by atoms with van der Waals surface area (Å²) in [7, 11) is 0. The second-order valence-corrected chi connectivity index (χ2v) is 3.23. The van der Waals surface area contributed by atoms with E-state index < -0.39 is 0 Å². The normalized spacial score (nSPS) is 18.6. The van der Waals surface area contributed by atoms with Crippen LogP contribution < -0.4 is 0 Å². The van der Waals surface area contributed by atoms with E-state index in [4.69, 9.17) is 0 Å². The maximum atomic E-state index is 10.7. The molecule has 0 amide bonds. The van der Waals surface area contributed by atoms with Gasteiger partial charge in [-0.2, -0.15) is 0 Å². The highest BCUT2D eigenvalue weighted by molar-refractivity contribution is 5.73. The zero-order valence-corrected chi connectivity index (χ0v) is 7.73. The summed E-state index contributed by atoms with van der Waals surface area (Å²) in [6, 6.07) is 8.00. The van der Waals surface area contributed by atoms with E-state index in [1.807, 2.05) is 42.4 Å². The molecule has 0 unspecified atom stereocenters. The molecule has 0 fully saturated rings. The van der Waals surface area contributed by atoms with Crippen molar-refractivity contribution in [2.45, 2.75) is 5.92 Å². The van der Waals surface area contributed by atoms with Crippen molar-refractivity contribution in [3.63, 3.8) is 0 Å². The lowest BCUT2D eigenvalue weighted by atomic mass is 9.84. The number of allylic oxidation sites excluding steroid dienone is 3. The first-order chi connectivity index (χ1) is 6.86. The Morgan fingerprint density at radius 2 is 2.07 bits per heavy atom. The molecule has 14 heavy (non-hydrogen) atoms. The van der Waals surface area contributed by atoms with Crippen molar-refractivity contribution in [3.05, 3.63) is 59.7 Å². The predicted molar refractivity (Wildman–Crippen MR) is 57.6 cm³/mol. The first kappa shape index (κ1) is 8.74. The van der Waals surface area contributed by atoms with Crippen LogP contribution in [-0.4, -0.2) is 5.94 Å². The van der Waals surface area contributed by atoms with E-state index in [1.54, 1.807) is 6.08 Å². The molecule has 0 saturated carbocycles. The van der Waals surface area contributed by atoms with E-state index >= 15 is 0 Å². The van der Waals surface area contributed by atoms with Gasteiger partial charge in [0.2, 0.25) is 0 Å². The topological polar surface area (TPSA) is 17.1 Å². The molecule has 0 heterocycles. The zero-order chi connectivity index (χ0) is 9.97. The Morgan fingerprint density at radius 1 is 1.29 bits per heavy atom. The average Bonchev–Trinajstić information content (AvgIpc) is 2.27. The largest absolute Gasteiger partial charge is 0.233 e. The van der Waals surface area contributed by atoms with Crippen molar-refractivity contribution < 1.29 is 4.79 Å². The molecule has 0 saturated heterocycles. The second kappa shape index (κ2) is 3.49. The molecule has 0 radical (unpaired) electrons. The average molecular weight is 182 g/mol. The van der Waals surface area contributed by atoms with Gasteiger partial charge in [0.25, 0.3) is 0 Å². The fourth-order valence-electron chi connectivity index (χ4n) is 1.75. The van der Waals surface area contributed by atoms with Gasteiger partial charge in [0.15, 0.2) is 0 Å². The molecule has 1 atom stereocenters. The molecule has 1 aromatic rings. The molecular formula is C13H10O. The van der Waals surface area contributed by atoms with Gasteiger partial charge in [-0.3, -0.25) is 0 Å². The van der Waals surface area contributed by atoms with Gasteiger partial charge in [0.05, 0.1) is 0 Å². The van der Waals surface area contributed by atoms with Crippen molar-refractivity contribution in [3.8, 4) is 0 Å². The van der Waals surface area contributed by atoms with E-state index in [0.717, 1.165) is 11.1 Å². The predicted octanol–water partition coefficient (Wildman–Crippen LogP) is 2.74.